The quantitative estimate of drug-likeness (QED) is 0.541. The van der Waals surface area contributed by atoms with Crippen molar-refractivity contribution in [2.75, 3.05) is 0 Å². The Morgan fingerprint density at radius 1 is 1.00 bits per heavy atom. The van der Waals surface area contributed by atoms with Gasteiger partial charge in [-0.15, -0.1) is 0 Å². The lowest BCUT2D eigenvalue weighted by Gasteiger charge is -1.98. The van der Waals surface area contributed by atoms with Crippen LogP contribution < -0.4 is 0 Å². The van der Waals surface area contributed by atoms with Crippen molar-refractivity contribution in [2.45, 2.75) is 0 Å². The van der Waals surface area contributed by atoms with Crippen molar-refractivity contribution in [2.24, 2.45) is 0 Å². The van der Waals surface area contributed by atoms with Gasteiger partial charge in [0.05, 0.1) is 23.7 Å². The Labute approximate surface area is 103 Å². The number of hydrogen-bond donors (Lipinski definition) is 1. The highest BCUT2D eigenvalue weighted by Crippen LogP contribution is 2.31. The summed E-state index contributed by atoms with van der Waals surface area (Å²) in [7, 11) is 0. The number of hydrogen-bond acceptors (Lipinski definition) is 2. The second kappa shape index (κ2) is 3.47. The van der Waals surface area contributed by atoms with Crippen molar-refractivity contribution in [3.05, 3.63) is 55.1 Å². The SMILES string of the molecule is c1ccc2c(c1)[nH]c1c(-c3ccoc3)nccc12. The van der Waals surface area contributed by atoms with Gasteiger partial charge in [0.15, 0.2) is 0 Å². The third-order valence-electron chi connectivity index (χ3n) is 3.22. The third-order valence-corrected chi connectivity index (χ3v) is 3.22. The van der Waals surface area contributed by atoms with E-state index in [9.17, 15) is 0 Å². The summed E-state index contributed by atoms with van der Waals surface area (Å²) < 4.78 is 5.14. The Bertz CT molecular complexity index is 828. The van der Waals surface area contributed by atoms with Crippen LogP contribution in [-0.2, 0) is 0 Å². The first-order valence-electron chi connectivity index (χ1n) is 5.81. The van der Waals surface area contributed by atoms with Crippen LogP contribution in [0.1, 0.15) is 0 Å². The van der Waals surface area contributed by atoms with E-state index in [4.69, 9.17) is 4.42 Å². The number of benzene rings is 1. The lowest BCUT2D eigenvalue weighted by Crippen LogP contribution is -1.82. The minimum Gasteiger partial charge on any atom is -0.472 e. The fourth-order valence-electron chi connectivity index (χ4n) is 2.39. The molecule has 1 aromatic carbocycles. The first-order chi connectivity index (χ1) is 8.93. The maximum atomic E-state index is 5.14. The average molecular weight is 234 g/mol. The molecule has 0 amide bonds. The number of para-hydroxylation sites is 1. The van der Waals surface area contributed by atoms with Gasteiger partial charge >= 0.3 is 0 Å². The normalized spacial score (nSPS) is 11.3. The molecule has 0 saturated carbocycles. The molecule has 0 radical (unpaired) electrons. The molecule has 0 unspecified atom stereocenters. The van der Waals surface area contributed by atoms with Crippen molar-refractivity contribution < 1.29 is 4.42 Å². The van der Waals surface area contributed by atoms with E-state index in [1.165, 1.54) is 10.8 Å². The number of aromatic nitrogens is 2. The van der Waals surface area contributed by atoms with Gasteiger partial charge in [0.25, 0.3) is 0 Å². The maximum Gasteiger partial charge on any atom is 0.0997 e. The monoisotopic (exact) mass is 234 g/mol. The molecule has 3 aromatic heterocycles. The molecule has 0 aliphatic rings. The Morgan fingerprint density at radius 2 is 1.94 bits per heavy atom. The molecule has 0 aliphatic carbocycles. The number of furan rings is 1. The number of nitrogens with one attached hydrogen (secondary N) is 1. The molecule has 1 N–H and O–H groups in total. The molecule has 18 heavy (non-hydrogen) atoms. The van der Waals surface area contributed by atoms with Crippen LogP contribution in [0, 0.1) is 0 Å². The van der Waals surface area contributed by atoms with Crippen LogP contribution >= 0.6 is 0 Å². The van der Waals surface area contributed by atoms with Crippen molar-refractivity contribution in [1.29, 1.82) is 0 Å². The zero-order valence-electron chi connectivity index (χ0n) is 9.55. The van der Waals surface area contributed by atoms with Gasteiger partial charge in [0.2, 0.25) is 0 Å². The van der Waals surface area contributed by atoms with E-state index in [1.807, 2.05) is 30.5 Å². The molecule has 3 nitrogen and oxygen atoms in total. The molecule has 4 aromatic rings. The molecule has 0 fully saturated rings. The van der Waals surface area contributed by atoms with Crippen molar-refractivity contribution in [3.8, 4) is 11.3 Å². The molecular formula is C15H10N2O. The van der Waals surface area contributed by atoms with Crippen LogP contribution in [-0.4, -0.2) is 9.97 Å². The van der Waals surface area contributed by atoms with Gasteiger partial charge in [-0.1, -0.05) is 18.2 Å². The smallest absolute Gasteiger partial charge is 0.0997 e. The first-order valence-corrected chi connectivity index (χ1v) is 5.81. The number of rotatable bonds is 1. The number of aromatic amines is 1. The lowest BCUT2D eigenvalue weighted by molar-refractivity contribution is 0.568. The molecule has 0 spiro atoms. The van der Waals surface area contributed by atoms with Crippen LogP contribution in [0.3, 0.4) is 0 Å². The van der Waals surface area contributed by atoms with Gasteiger partial charge in [0.1, 0.15) is 0 Å². The van der Waals surface area contributed by atoms with Gasteiger partial charge in [-0.2, -0.15) is 0 Å². The van der Waals surface area contributed by atoms with Crippen molar-refractivity contribution in [3.63, 3.8) is 0 Å². The van der Waals surface area contributed by atoms with E-state index < -0.39 is 0 Å². The van der Waals surface area contributed by atoms with E-state index in [1.54, 1.807) is 12.5 Å². The summed E-state index contributed by atoms with van der Waals surface area (Å²) in [6, 6.07) is 12.2. The van der Waals surface area contributed by atoms with Crippen LogP contribution in [0.2, 0.25) is 0 Å². The first kappa shape index (κ1) is 9.48. The minimum absolute atomic E-state index is 0.928. The summed E-state index contributed by atoms with van der Waals surface area (Å²) >= 11 is 0. The number of nitrogens with zero attached hydrogens (tertiary/aromatic N) is 1. The van der Waals surface area contributed by atoms with Crippen molar-refractivity contribution in [1.82, 2.24) is 9.97 Å². The van der Waals surface area contributed by atoms with Crippen LogP contribution in [0.5, 0.6) is 0 Å². The summed E-state index contributed by atoms with van der Waals surface area (Å²) in [6.45, 7) is 0. The molecule has 3 heterocycles. The van der Waals surface area contributed by atoms with Gasteiger partial charge in [0, 0.05) is 28.0 Å². The highest BCUT2D eigenvalue weighted by atomic mass is 16.3. The van der Waals surface area contributed by atoms with Crippen molar-refractivity contribution >= 4 is 21.8 Å². The Balaban J connectivity index is 2.17. The molecule has 4 rings (SSSR count). The second-order valence-corrected chi connectivity index (χ2v) is 4.26. The third kappa shape index (κ3) is 1.21. The topological polar surface area (TPSA) is 41.8 Å². The summed E-state index contributed by atoms with van der Waals surface area (Å²) in [6.07, 6.45) is 5.22. The predicted octanol–water partition coefficient (Wildman–Crippen LogP) is 3.98. The zero-order valence-corrected chi connectivity index (χ0v) is 9.55. The van der Waals surface area contributed by atoms with Gasteiger partial charge in [-0.3, -0.25) is 4.98 Å². The number of H-pyrrole nitrogens is 1. The van der Waals surface area contributed by atoms with E-state index in [-0.39, 0.29) is 0 Å². The van der Waals surface area contributed by atoms with Crippen LogP contribution in [0.25, 0.3) is 33.1 Å². The molecule has 0 bridgehead atoms. The molecule has 0 saturated heterocycles. The van der Waals surface area contributed by atoms with E-state index in [0.717, 1.165) is 22.3 Å². The second-order valence-electron chi connectivity index (χ2n) is 4.26. The maximum absolute atomic E-state index is 5.14. The van der Waals surface area contributed by atoms with Crippen LogP contribution in [0.15, 0.2) is 59.5 Å². The van der Waals surface area contributed by atoms with E-state index in [2.05, 4.69) is 22.1 Å². The standard InChI is InChI=1S/C15H10N2O/c1-2-4-13-11(3-1)12-5-7-16-14(15(12)17-13)10-6-8-18-9-10/h1-9,17H. The molecule has 3 heteroatoms. The number of fused-ring (bicyclic) bond motifs is 3. The zero-order chi connectivity index (χ0) is 11.9. The molecular weight excluding hydrogens is 224 g/mol. The molecule has 0 aliphatic heterocycles. The van der Waals surface area contributed by atoms with Gasteiger partial charge < -0.3 is 9.40 Å². The summed E-state index contributed by atoms with van der Waals surface area (Å²) in [4.78, 5) is 7.88. The average Bonchev–Trinajstić information content (AvgIpc) is 3.05. The summed E-state index contributed by atoms with van der Waals surface area (Å²) in [5, 5.41) is 2.41. The molecule has 86 valence electrons. The number of pyridine rings is 1. The van der Waals surface area contributed by atoms with E-state index in [0.29, 0.717) is 0 Å². The highest BCUT2D eigenvalue weighted by molar-refractivity contribution is 6.10. The molecule has 0 atom stereocenters. The minimum atomic E-state index is 0.928. The Kier molecular flexibility index (Phi) is 1.83. The summed E-state index contributed by atoms with van der Waals surface area (Å²) in [5.41, 5.74) is 4.11. The van der Waals surface area contributed by atoms with Gasteiger partial charge in [-0.05, 0) is 18.2 Å². The highest BCUT2D eigenvalue weighted by Gasteiger charge is 2.10. The van der Waals surface area contributed by atoms with Crippen LogP contribution in [0.4, 0.5) is 0 Å². The fourth-order valence-corrected chi connectivity index (χ4v) is 2.39. The van der Waals surface area contributed by atoms with Gasteiger partial charge in [-0.25, -0.2) is 0 Å². The predicted molar refractivity (Wildman–Crippen MR) is 71.3 cm³/mol. The van der Waals surface area contributed by atoms with E-state index >= 15 is 0 Å². The Hall–Kier alpha value is -2.55. The lowest BCUT2D eigenvalue weighted by atomic mass is 10.1. The largest absolute Gasteiger partial charge is 0.472 e. The fraction of sp³-hybridized carbons (Fsp3) is 0. The summed E-state index contributed by atoms with van der Waals surface area (Å²) in [5.74, 6) is 0. The Morgan fingerprint density at radius 3 is 2.83 bits per heavy atom.